The van der Waals surface area contributed by atoms with Crippen LogP contribution in [-0.2, 0) is 14.4 Å². The van der Waals surface area contributed by atoms with Gasteiger partial charge < -0.3 is 15.7 Å². The smallest absolute Gasteiger partial charge is 0.303 e. The van der Waals surface area contributed by atoms with Gasteiger partial charge >= 0.3 is 5.97 Å². The maximum atomic E-state index is 12.5. The highest BCUT2D eigenvalue weighted by Gasteiger charge is 2.23. The van der Waals surface area contributed by atoms with Crippen LogP contribution in [0.5, 0.6) is 0 Å². The molecule has 0 aromatic heterocycles. The number of carboxylic acids is 1. The molecule has 3 N–H and O–H groups in total. The molecule has 0 heterocycles. The molecule has 1 aliphatic rings. The van der Waals surface area contributed by atoms with Gasteiger partial charge in [-0.15, -0.1) is 0 Å². The largest absolute Gasteiger partial charge is 0.481 e. The Morgan fingerprint density at radius 2 is 1.74 bits per heavy atom. The minimum absolute atomic E-state index is 0.0394. The van der Waals surface area contributed by atoms with Crippen LogP contribution >= 0.6 is 0 Å². The van der Waals surface area contributed by atoms with Gasteiger partial charge in [0, 0.05) is 12.8 Å². The van der Waals surface area contributed by atoms with Crippen LogP contribution in [0.4, 0.5) is 0 Å². The van der Waals surface area contributed by atoms with Gasteiger partial charge in [0.1, 0.15) is 6.04 Å². The molecule has 1 saturated carbocycles. The van der Waals surface area contributed by atoms with Gasteiger partial charge in [-0.05, 0) is 37.7 Å². The Balaban J connectivity index is 1.88. The number of amides is 2. The summed E-state index contributed by atoms with van der Waals surface area (Å²) in [5.74, 6) is -0.877. The highest BCUT2D eigenvalue weighted by molar-refractivity contribution is 5.87. The summed E-state index contributed by atoms with van der Waals surface area (Å²) in [6.45, 7) is 1.66. The van der Waals surface area contributed by atoms with Crippen molar-refractivity contribution in [1.82, 2.24) is 10.6 Å². The molecule has 2 atom stereocenters. The van der Waals surface area contributed by atoms with Crippen molar-refractivity contribution >= 4 is 17.8 Å². The normalized spacial score (nSPS) is 16.9. The second-order valence-corrected chi connectivity index (χ2v) is 7.40. The molecule has 1 aromatic rings. The summed E-state index contributed by atoms with van der Waals surface area (Å²) in [5.41, 5.74) is 0.854. The van der Waals surface area contributed by atoms with E-state index in [1.54, 1.807) is 6.92 Å². The van der Waals surface area contributed by atoms with Gasteiger partial charge in [-0.1, -0.05) is 49.6 Å². The van der Waals surface area contributed by atoms with Crippen molar-refractivity contribution in [2.45, 2.75) is 70.4 Å². The standard InChI is InChI=1S/C21H30N2O4/c1-15(22-19(24)14-16-8-4-2-5-9-16)21(27)23-18(12-13-20(25)26)17-10-6-3-7-11-17/h3,6-7,10-11,15-16,18H,2,4-5,8-9,12-14H2,1H3,(H,22,24)(H,23,27)(H,25,26). The number of hydrogen-bond donors (Lipinski definition) is 3. The zero-order valence-corrected chi connectivity index (χ0v) is 15.9. The van der Waals surface area contributed by atoms with Crippen LogP contribution in [0.15, 0.2) is 30.3 Å². The molecule has 27 heavy (non-hydrogen) atoms. The molecule has 1 fully saturated rings. The summed E-state index contributed by atoms with van der Waals surface area (Å²) in [7, 11) is 0. The first-order valence-electron chi connectivity index (χ1n) is 9.82. The molecule has 6 nitrogen and oxygen atoms in total. The average molecular weight is 374 g/mol. The Labute approximate surface area is 160 Å². The summed E-state index contributed by atoms with van der Waals surface area (Å²) in [4.78, 5) is 35.7. The maximum Gasteiger partial charge on any atom is 0.303 e. The fourth-order valence-electron chi connectivity index (χ4n) is 3.59. The number of benzene rings is 1. The van der Waals surface area contributed by atoms with Gasteiger partial charge in [0.25, 0.3) is 0 Å². The molecular formula is C21H30N2O4. The third kappa shape index (κ3) is 7.41. The van der Waals surface area contributed by atoms with Gasteiger partial charge in [0.05, 0.1) is 6.04 Å². The Morgan fingerprint density at radius 3 is 2.37 bits per heavy atom. The molecule has 1 aromatic carbocycles. The molecule has 1 aliphatic carbocycles. The molecular weight excluding hydrogens is 344 g/mol. The molecule has 0 bridgehead atoms. The van der Waals surface area contributed by atoms with E-state index in [9.17, 15) is 14.4 Å². The van der Waals surface area contributed by atoms with E-state index < -0.39 is 18.1 Å². The van der Waals surface area contributed by atoms with Crippen molar-refractivity contribution in [3.63, 3.8) is 0 Å². The molecule has 2 rings (SSSR count). The number of hydrogen-bond acceptors (Lipinski definition) is 3. The molecule has 2 amide bonds. The predicted molar refractivity (Wildman–Crippen MR) is 103 cm³/mol. The fourth-order valence-corrected chi connectivity index (χ4v) is 3.59. The number of rotatable bonds is 9. The van der Waals surface area contributed by atoms with Crippen LogP contribution in [0.25, 0.3) is 0 Å². The number of aliphatic carboxylic acids is 1. The molecule has 0 spiro atoms. The van der Waals surface area contributed by atoms with Crippen molar-refractivity contribution in [1.29, 1.82) is 0 Å². The molecule has 0 saturated heterocycles. The van der Waals surface area contributed by atoms with Gasteiger partial charge in [-0.25, -0.2) is 0 Å². The Hall–Kier alpha value is -2.37. The van der Waals surface area contributed by atoms with Crippen LogP contribution < -0.4 is 10.6 Å². The van der Waals surface area contributed by atoms with Crippen molar-refractivity contribution in [2.24, 2.45) is 5.92 Å². The van der Waals surface area contributed by atoms with E-state index in [0.29, 0.717) is 18.8 Å². The van der Waals surface area contributed by atoms with Gasteiger partial charge in [-0.2, -0.15) is 0 Å². The Kier molecular flexibility index (Phi) is 8.30. The molecule has 6 heteroatoms. The van der Waals surface area contributed by atoms with E-state index in [4.69, 9.17) is 5.11 Å². The van der Waals surface area contributed by atoms with Crippen LogP contribution in [-0.4, -0.2) is 28.9 Å². The second kappa shape index (κ2) is 10.7. The van der Waals surface area contributed by atoms with Crippen molar-refractivity contribution in [3.8, 4) is 0 Å². The van der Waals surface area contributed by atoms with E-state index in [-0.39, 0.29) is 18.2 Å². The summed E-state index contributed by atoms with van der Waals surface area (Å²) in [6, 6.07) is 8.24. The van der Waals surface area contributed by atoms with E-state index >= 15 is 0 Å². The van der Waals surface area contributed by atoms with E-state index in [0.717, 1.165) is 18.4 Å². The van der Waals surface area contributed by atoms with E-state index in [1.807, 2.05) is 30.3 Å². The zero-order chi connectivity index (χ0) is 19.6. The first kappa shape index (κ1) is 20.9. The number of carboxylic acid groups (broad SMARTS) is 1. The number of carbonyl (C=O) groups is 3. The quantitative estimate of drug-likeness (QED) is 0.618. The van der Waals surface area contributed by atoms with Crippen LogP contribution in [0.3, 0.4) is 0 Å². The molecule has 2 unspecified atom stereocenters. The lowest BCUT2D eigenvalue weighted by Crippen LogP contribution is -2.46. The molecule has 0 radical (unpaired) electrons. The number of nitrogens with one attached hydrogen (secondary N) is 2. The lowest BCUT2D eigenvalue weighted by Gasteiger charge is -2.24. The predicted octanol–water partition coefficient (Wildman–Crippen LogP) is 3.18. The van der Waals surface area contributed by atoms with Crippen molar-refractivity contribution < 1.29 is 19.5 Å². The SMILES string of the molecule is CC(NC(=O)CC1CCCCC1)C(=O)NC(CCC(=O)O)c1ccccc1. The topological polar surface area (TPSA) is 95.5 Å². The average Bonchev–Trinajstić information content (AvgIpc) is 2.66. The third-order valence-corrected chi connectivity index (χ3v) is 5.13. The molecule has 0 aliphatic heterocycles. The highest BCUT2D eigenvalue weighted by Crippen LogP contribution is 2.26. The Morgan fingerprint density at radius 1 is 1.07 bits per heavy atom. The van der Waals surface area contributed by atoms with E-state index in [1.165, 1.54) is 19.3 Å². The monoisotopic (exact) mass is 374 g/mol. The molecule has 148 valence electrons. The fraction of sp³-hybridized carbons (Fsp3) is 0.571. The lowest BCUT2D eigenvalue weighted by atomic mass is 9.87. The van der Waals surface area contributed by atoms with Gasteiger partial charge in [0.2, 0.25) is 11.8 Å². The van der Waals surface area contributed by atoms with E-state index in [2.05, 4.69) is 10.6 Å². The van der Waals surface area contributed by atoms with Crippen molar-refractivity contribution in [3.05, 3.63) is 35.9 Å². The van der Waals surface area contributed by atoms with Crippen LogP contribution in [0.1, 0.15) is 69.9 Å². The summed E-state index contributed by atoms with van der Waals surface area (Å²) < 4.78 is 0. The second-order valence-electron chi connectivity index (χ2n) is 7.40. The highest BCUT2D eigenvalue weighted by atomic mass is 16.4. The van der Waals surface area contributed by atoms with Crippen LogP contribution in [0, 0.1) is 5.92 Å². The van der Waals surface area contributed by atoms with Crippen molar-refractivity contribution in [2.75, 3.05) is 0 Å². The van der Waals surface area contributed by atoms with Crippen LogP contribution in [0.2, 0.25) is 0 Å². The first-order valence-corrected chi connectivity index (χ1v) is 9.82. The minimum atomic E-state index is -0.904. The first-order chi connectivity index (χ1) is 13.0. The minimum Gasteiger partial charge on any atom is -0.481 e. The third-order valence-electron chi connectivity index (χ3n) is 5.13. The Bertz CT molecular complexity index is 626. The lowest BCUT2D eigenvalue weighted by molar-refractivity contribution is -0.137. The maximum absolute atomic E-state index is 12.5. The summed E-state index contributed by atoms with van der Waals surface area (Å²) in [5, 5.41) is 14.6. The summed E-state index contributed by atoms with van der Waals surface area (Å²) in [6.07, 6.45) is 6.49. The summed E-state index contributed by atoms with van der Waals surface area (Å²) >= 11 is 0. The van der Waals surface area contributed by atoms with Gasteiger partial charge in [-0.3, -0.25) is 14.4 Å². The van der Waals surface area contributed by atoms with Gasteiger partial charge in [0.15, 0.2) is 0 Å². The zero-order valence-electron chi connectivity index (χ0n) is 15.9. The number of carbonyl (C=O) groups excluding carboxylic acids is 2.